The summed E-state index contributed by atoms with van der Waals surface area (Å²) < 4.78 is 32.4. The van der Waals surface area contributed by atoms with E-state index >= 15 is 0 Å². The minimum Gasteiger partial charge on any atom is -0.320 e. The summed E-state index contributed by atoms with van der Waals surface area (Å²) >= 11 is 0. The molecule has 0 aliphatic rings. The third-order valence-corrected chi connectivity index (χ3v) is 5.82. The molecule has 4 nitrogen and oxygen atoms in total. The monoisotopic (exact) mass is 326 g/mol. The third-order valence-electron chi connectivity index (χ3n) is 4.56. The van der Waals surface area contributed by atoms with Crippen LogP contribution in [0.15, 0.2) is 30.8 Å². The van der Waals surface area contributed by atoms with Crippen LogP contribution in [0.3, 0.4) is 0 Å². The Morgan fingerprint density at radius 2 is 1.95 bits per heavy atom. The lowest BCUT2D eigenvalue weighted by Gasteiger charge is -2.37. The van der Waals surface area contributed by atoms with Crippen molar-refractivity contribution in [3.8, 4) is 0 Å². The summed E-state index contributed by atoms with van der Waals surface area (Å²) in [6, 6.07) is 8.26. The molecule has 0 fully saturated rings. The van der Waals surface area contributed by atoms with E-state index in [1.165, 1.54) is 5.56 Å². The average Bonchev–Trinajstić information content (AvgIpc) is 2.50. The predicted octanol–water partition coefficient (Wildman–Crippen LogP) is 3.35. The zero-order valence-electron chi connectivity index (χ0n) is 13.8. The van der Waals surface area contributed by atoms with E-state index in [9.17, 15) is 8.42 Å². The smallest absolute Gasteiger partial charge is 0.267 e. The second kappa shape index (κ2) is 7.90. The fraction of sp³-hybridized carbons (Fsp3) is 0.529. The molecule has 5 heteroatoms. The summed E-state index contributed by atoms with van der Waals surface area (Å²) in [6.45, 7) is 13.0. The highest BCUT2D eigenvalue weighted by Gasteiger charge is 2.27. The topological polar surface area (TPSA) is 54.4 Å². The van der Waals surface area contributed by atoms with Crippen molar-refractivity contribution >= 4 is 16.2 Å². The molecule has 0 bridgehead atoms. The highest BCUT2D eigenvalue weighted by atomic mass is 32.2. The van der Waals surface area contributed by atoms with Gasteiger partial charge in [0.05, 0.1) is 24.9 Å². The average molecular weight is 326 g/mol. The van der Waals surface area contributed by atoms with Gasteiger partial charge in [-0.25, -0.2) is 0 Å². The second-order valence-electron chi connectivity index (χ2n) is 5.92. The largest absolute Gasteiger partial charge is 0.320 e. The maximum Gasteiger partial charge on any atom is 0.267 e. The van der Waals surface area contributed by atoms with Crippen molar-refractivity contribution in [2.24, 2.45) is 0 Å². The first-order valence-electron chi connectivity index (χ1n) is 7.79. The van der Waals surface area contributed by atoms with Crippen LogP contribution >= 0.6 is 0 Å². The highest BCUT2D eigenvalue weighted by molar-refractivity contribution is 7.86. The van der Waals surface area contributed by atoms with E-state index in [0.29, 0.717) is 6.42 Å². The zero-order valence-corrected chi connectivity index (χ0v) is 14.6. The van der Waals surface area contributed by atoms with Crippen molar-refractivity contribution in [1.82, 2.24) is 0 Å². The number of benzene rings is 1. The quantitative estimate of drug-likeness (QED) is 0.559. The van der Waals surface area contributed by atoms with Gasteiger partial charge in [0.2, 0.25) is 0 Å². The molecule has 1 aromatic rings. The number of rotatable bonds is 9. The molecule has 124 valence electrons. The molecule has 0 aliphatic carbocycles. The molecule has 1 rings (SSSR count). The summed E-state index contributed by atoms with van der Waals surface area (Å²) in [5, 5.41) is -0.720. The van der Waals surface area contributed by atoms with E-state index in [2.05, 4.69) is 32.6 Å². The minimum atomic E-state index is -3.95. The van der Waals surface area contributed by atoms with Gasteiger partial charge in [-0.15, -0.1) is 0 Å². The van der Waals surface area contributed by atoms with Crippen molar-refractivity contribution in [2.75, 3.05) is 19.6 Å². The van der Waals surface area contributed by atoms with E-state index in [1.54, 1.807) is 6.92 Å². The first kappa shape index (κ1) is 18.9. The van der Waals surface area contributed by atoms with E-state index < -0.39 is 15.4 Å². The Balaban J connectivity index is 2.88. The molecule has 0 heterocycles. The molecule has 1 atom stereocenters. The number of nitrogens with zero attached hydrogens (tertiary/aromatic N) is 1. The molecular weight excluding hydrogens is 298 g/mol. The first-order valence-corrected chi connectivity index (χ1v) is 9.29. The van der Waals surface area contributed by atoms with Crippen LogP contribution in [0, 0.1) is 0 Å². The molecule has 0 amide bonds. The minimum absolute atomic E-state index is 0.460. The Morgan fingerprint density at radius 3 is 2.45 bits per heavy atom. The van der Waals surface area contributed by atoms with E-state index in [0.717, 1.165) is 36.2 Å². The summed E-state index contributed by atoms with van der Waals surface area (Å²) in [4.78, 5) is 0. The predicted molar refractivity (Wildman–Crippen MR) is 92.1 cm³/mol. The van der Waals surface area contributed by atoms with Gasteiger partial charge in [-0.3, -0.25) is 4.55 Å². The highest BCUT2D eigenvalue weighted by Crippen LogP contribution is 2.19. The third kappa shape index (κ3) is 5.23. The molecule has 22 heavy (non-hydrogen) atoms. The van der Waals surface area contributed by atoms with Crippen LogP contribution in [0.25, 0.3) is 6.08 Å². The summed E-state index contributed by atoms with van der Waals surface area (Å²) in [6.07, 6.45) is 2.29. The fourth-order valence-electron chi connectivity index (χ4n) is 2.65. The van der Waals surface area contributed by atoms with Crippen molar-refractivity contribution in [2.45, 2.75) is 39.0 Å². The van der Waals surface area contributed by atoms with Crippen LogP contribution in [-0.4, -0.2) is 42.3 Å². The lowest BCUT2D eigenvalue weighted by molar-refractivity contribution is -0.937. The molecule has 1 aromatic carbocycles. The lowest BCUT2D eigenvalue weighted by Crippen LogP contribution is -2.48. The second-order valence-corrected chi connectivity index (χ2v) is 7.75. The summed E-state index contributed by atoms with van der Waals surface area (Å²) in [5.74, 6) is 0. The van der Waals surface area contributed by atoms with Crippen LogP contribution in [0.5, 0.6) is 0 Å². The van der Waals surface area contributed by atoms with Gasteiger partial charge in [0.15, 0.2) is 0 Å². The van der Waals surface area contributed by atoms with Crippen molar-refractivity contribution in [1.29, 1.82) is 0 Å². The van der Waals surface area contributed by atoms with Crippen molar-refractivity contribution < 1.29 is 17.5 Å². The Labute approximate surface area is 134 Å². The number of quaternary nitrogens is 1. The van der Waals surface area contributed by atoms with Gasteiger partial charge in [-0.2, -0.15) is 8.42 Å². The van der Waals surface area contributed by atoms with Crippen LogP contribution in [0.1, 0.15) is 38.3 Å². The first-order chi connectivity index (χ1) is 10.3. The van der Waals surface area contributed by atoms with Gasteiger partial charge in [-0.05, 0) is 32.4 Å². The Bertz CT molecular complexity index is 592. The van der Waals surface area contributed by atoms with Crippen LogP contribution in [0.2, 0.25) is 0 Å². The van der Waals surface area contributed by atoms with Crippen molar-refractivity contribution in [3.05, 3.63) is 42.0 Å². The van der Waals surface area contributed by atoms with Gasteiger partial charge in [-0.1, -0.05) is 30.9 Å². The molecule has 1 unspecified atom stereocenters. The van der Waals surface area contributed by atoms with Crippen LogP contribution in [0.4, 0.5) is 0 Å². The Morgan fingerprint density at radius 1 is 1.32 bits per heavy atom. The molecule has 0 aliphatic heterocycles. The summed E-state index contributed by atoms with van der Waals surface area (Å²) in [7, 11) is -3.95. The maximum atomic E-state index is 11.2. The SMILES string of the molecule is C=Cc1cccc(C[N+](CC)(CC)CCC(C)S(=O)(=O)O)c1. The molecule has 0 saturated heterocycles. The Hall–Kier alpha value is -1.17. The van der Waals surface area contributed by atoms with Gasteiger partial charge in [0.1, 0.15) is 6.54 Å². The van der Waals surface area contributed by atoms with Gasteiger partial charge in [0.25, 0.3) is 10.1 Å². The van der Waals surface area contributed by atoms with E-state index in [4.69, 9.17) is 4.55 Å². The fourth-order valence-corrected chi connectivity index (χ4v) is 3.06. The maximum absolute atomic E-state index is 11.2. The van der Waals surface area contributed by atoms with Crippen molar-refractivity contribution in [3.63, 3.8) is 0 Å². The molecule has 0 radical (unpaired) electrons. The number of hydrogen-bond donors (Lipinski definition) is 1. The lowest BCUT2D eigenvalue weighted by atomic mass is 10.1. The summed E-state index contributed by atoms with van der Waals surface area (Å²) in [5.41, 5.74) is 2.31. The molecule has 0 saturated carbocycles. The Kier molecular flexibility index (Phi) is 6.78. The molecule has 0 spiro atoms. The number of hydrogen-bond acceptors (Lipinski definition) is 2. The molecular formula is C17H28NO3S+. The standard InChI is InChI=1S/C17H27NO3S/c1-5-16-9-8-10-17(13-16)14-18(6-2,7-3)12-11-15(4)22(19,20)21/h5,8-10,13,15H,1,6-7,11-12,14H2,2-4H3/p+1. The zero-order chi connectivity index (χ0) is 16.8. The normalized spacial score (nSPS) is 13.8. The van der Waals surface area contributed by atoms with Gasteiger partial charge >= 0.3 is 0 Å². The van der Waals surface area contributed by atoms with Gasteiger partial charge < -0.3 is 4.48 Å². The van der Waals surface area contributed by atoms with Crippen LogP contribution in [-0.2, 0) is 16.7 Å². The van der Waals surface area contributed by atoms with E-state index in [1.807, 2.05) is 18.2 Å². The molecule has 1 N–H and O–H groups in total. The van der Waals surface area contributed by atoms with E-state index in [-0.39, 0.29) is 0 Å². The van der Waals surface area contributed by atoms with Crippen LogP contribution < -0.4 is 0 Å². The molecule has 0 aromatic heterocycles. The van der Waals surface area contributed by atoms with Gasteiger partial charge in [0, 0.05) is 12.0 Å².